The smallest absolute Gasteiger partial charge is 0.410 e. The van der Waals surface area contributed by atoms with Crippen LogP contribution in [0.15, 0.2) is 54.7 Å². The molecule has 0 atom stereocenters. The summed E-state index contributed by atoms with van der Waals surface area (Å²) in [6.45, 7) is 4.79. The zero-order valence-corrected chi connectivity index (χ0v) is 15.7. The van der Waals surface area contributed by atoms with Crippen LogP contribution in [0.25, 0.3) is 5.82 Å². The Morgan fingerprint density at radius 2 is 1.68 bits per heavy atom. The normalized spacial score (nSPS) is 14.2. The van der Waals surface area contributed by atoms with E-state index in [0.29, 0.717) is 38.6 Å². The van der Waals surface area contributed by atoms with E-state index in [-0.39, 0.29) is 6.09 Å². The maximum atomic E-state index is 12.3. The van der Waals surface area contributed by atoms with Crippen LogP contribution in [0.4, 0.5) is 10.6 Å². The molecule has 0 spiro atoms. The number of aryl methyl sites for hydroxylation is 1. The van der Waals surface area contributed by atoms with Crippen molar-refractivity contribution in [2.45, 2.75) is 13.5 Å². The van der Waals surface area contributed by atoms with Crippen molar-refractivity contribution in [3.63, 3.8) is 0 Å². The molecule has 3 aromatic rings. The number of carbonyl (C=O) groups is 1. The maximum Gasteiger partial charge on any atom is 0.410 e. The summed E-state index contributed by atoms with van der Waals surface area (Å²) in [6, 6.07) is 15.4. The summed E-state index contributed by atoms with van der Waals surface area (Å²) < 4.78 is 7.11. The van der Waals surface area contributed by atoms with E-state index in [1.807, 2.05) is 61.7 Å². The molecule has 1 aliphatic heterocycles. The highest BCUT2D eigenvalue weighted by Crippen LogP contribution is 2.15. The number of nitrogens with zero attached hydrogens (tertiary/aromatic N) is 6. The van der Waals surface area contributed by atoms with Gasteiger partial charge in [0, 0.05) is 32.4 Å². The Kier molecular flexibility index (Phi) is 5.18. The van der Waals surface area contributed by atoms with Crippen LogP contribution < -0.4 is 4.90 Å². The zero-order chi connectivity index (χ0) is 19.3. The van der Waals surface area contributed by atoms with E-state index < -0.39 is 0 Å². The molecule has 0 aliphatic carbocycles. The second-order valence-corrected chi connectivity index (χ2v) is 6.67. The van der Waals surface area contributed by atoms with Gasteiger partial charge in [-0.25, -0.2) is 9.48 Å². The molecule has 0 bridgehead atoms. The fraction of sp³-hybridized carbons (Fsp3) is 0.300. The molecule has 1 saturated heterocycles. The van der Waals surface area contributed by atoms with Gasteiger partial charge in [-0.3, -0.25) is 0 Å². The van der Waals surface area contributed by atoms with E-state index in [0.717, 1.165) is 17.1 Å². The van der Waals surface area contributed by atoms with Crippen LogP contribution in [0.3, 0.4) is 0 Å². The van der Waals surface area contributed by atoms with Crippen molar-refractivity contribution in [2.24, 2.45) is 0 Å². The van der Waals surface area contributed by atoms with Crippen molar-refractivity contribution < 1.29 is 9.53 Å². The number of rotatable bonds is 4. The molecular formula is C20H22N6O2. The van der Waals surface area contributed by atoms with Crippen LogP contribution in [-0.4, -0.2) is 57.2 Å². The number of ether oxygens (including phenoxy) is 1. The summed E-state index contributed by atoms with van der Waals surface area (Å²) in [7, 11) is 0. The van der Waals surface area contributed by atoms with Crippen molar-refractivity contribution in [3.8, 4) is 5.82 Å². The molecule has 3 heterocycles. The predicted molar refractivity (Wildman–Crippen MR) is 104 cm³/mol. The quantitative estimate of drug-likeness (QED) is 0.694. The highest BCUT2D eigenvalue weighted by Gasteiger charge is 2.23. The zero-order valence-electron chi connectivity index (χ0n) is 15.7. The Hall–Kier alpha value is -3.42. The van der Waals surface area contributed by atoms with Gasteiger partial charge in [0.25, 0.3) is 0 Å². The molecule has 1 amide bonds. The Labute approximate surface area is 163 Å². The highest BCUT2D eigenvalue weighted by atomic mass is 16.6. The topological polar surface area (TPSA) is 76.4 Å². The summed E-state index contributed by atoms with van der Waals surface area (Å²) in [5.41, 5.74) is 1.92. The van der Waals surface area contributed by atoms with E-state index in [4.69, 9.17) is 4.74 Å². The van der Waals surface area contributed by atoms with Gasteiger partial charge in [0.1, 0.15) is 6.61 Å². The first-order valence-corrected chi connectivity index (χ1v) is 9.26. The minimum absolute atomic E-state index is 0.279. The summed E-state index contributed by atoms with van der Waals surface area (Å²) in [4.78, 5) is 16.1. The fourth-order valence-corrected chi connectivity index (χ4v) is 3.08. The van der Waals surface area contributed by atoms with Crippen LogP contribution in [0, 0.1) is 6.92 Å². The van der Waals surface area contributed by atoms with E-state index in [1.165, 1.54) is 0 Å². The standard InChI is InChI=1S/C20H22N6O2/c1-16-9-10-26(23-16)19-8-7-18(21-22-19)24-11-13-25(14-12-24)20(27)28-15-17-5-3-2-4-6-17/h2-10H,11-15H2,1H3. The molecular weight excluding hydrogens is 356 g/mol. The molecule has 1 aromatic carbocycles. The van der Waals surface area contributed by atoms with Gasteiger partial charge in [0.15, 0.2) is 11.6 Å². The lowest BCUT2D eigenvalue weighted by Gasteiger charge is -2.34. The van der Waals surface area contributed by atoms with Crippen molar-refractivity contribution in [1.29, 1.82) is 0 Å². The van der Waals surface area contributed by atoms with Crippen molar-refractivity contribution in [2.75, 3.05) is 31.1 Å². The molecule has 2 aromatic heterocycles. The molecule has 0 N–H and O–H groups in total. The second kappa shape index (κ2) is 8.08. The average molecular weight is 378 g/mol. The average Bonchev–Trinajstić information content (AvgIpc) is 3.19. The van der Waals surface area contributed by atoms with Crippen molar-refractivity contribution in [3.05, 3.63) is 66.0 Å². The number of aromatic nitrogens is 4. The SMILES string of the molecule is Cc1ccn(-c2ccc(N3CCN(C(=O)OCc4ccccc4)CC3)nn2)n1. The molecule has 1 fully saturated rings. The molecule has 144 valence electrons. The van der Waals surface area contributed by atoms with Crippen LogP contribution in [0.1, 0.15) is 11.3 Å². The number of anilines is 1. The molecule has 0 unspecified atom stereocenters. The number of piperazine rings is 1. The number of benzene rings is 1. The molecule has 8 nitrogen and oxygen atoms in total. The predicted octanol–water partition coefficient (Wildman–Crippen LogP) is 2.43. The first-order valence-electron chi connectivity index (χ1n) is 9.26. The lowest BCUT2D eigenvalue weighted by Crippen LogP contribution is -2.49. The number of amides is 1. The second-order valence-electron chi connectivity index (χ2n) is 6.67. The number of hydrogen-bond acceptors (Lipinski definition) is 6. The molecule has 1 aliphatic rings. The van der Waals surface area contributed by atoms with Crippen LogP contribution in [-0.2, 0) is 11.3 Å². The number of hydrogen-bond donors (Lipinski definition) is 0. The lowest BCUT2D eigenvalue weighted by molar-refractivity contribution is 0.0941. The van der Waals surface area contributed by atoms with Crippen LogP contribution >= 0.6 is 0 Å². The van der Waals surface area contributed by atoms with Gasteiger partial charge in [-0.15, -0.1) is 10.2 Å². The molecule has 0 saturated carbocycles. The first-order chi connectivity index (χ1) is 13.7. The highest BCUT2D eigenvalue weighted by molar-refractivity contribution is 5.68. The third-order valence-electron chi connectivity index (χ3n) is 4.66. The van der Waals surface area contributed by atoms with Gasteiger partial charge >= 0.3 is 6.09 Å². The first kappa shape index (κ1) is 18.0. The minimum atomic E-state index is -0.279. The summed E-state index contributed by atoms with van der Waals surface area (Å²) in [5.74, 6) is 1.48. The van der Waals surface area contributed by atoms with E-state index in [1.54, 1.807) is 9.58 Å². The Bertz CT molecular complexity index is 917. The van der Waals surface area contributed by atoms with Crippen molar-refractivity contribution >= 4 is 11.9 Å². The van der Waals surface area contributed by atoms with Crippen molar-refractivity contribution in [1.82, 2.24) is 24.9 Å². The third kappa shape index (κ3) is 4.11. The van der Waals surface area contributed by atoms with Gasteiger partial charge in [-0.05, 0) is 30.7 Å². The van der Waals surface area contributed by atoms with Crippen LogP contribution in [0.5, 0.6) is 0 Å². The fourth-order valence-electron chi connectivity index (χ4n) is 3.08. The van der Waals surface area contributed by atoms with Gasteiger partial charge in [-0.2, -0.15) is 5.10 Å². The Balaban J connectivity index is 1.29. The van der Waals surface area contributed by atoms with E-state index in [9.17, 15) is 4.79 Å². The molecule has 28 heavy (non-hydrogen) atoms. The van der Waals surface area contributed by atoms with Gasteiger partial charge in [0.05, 0.1) is 5.69 Å². The largest absolute Gasteiger partial charge is 0.445 e. The Morgan fingerprint density at radius 1 is 0.964 bits per heavy atom. The van der Waals surface area contributed by atoms with Gasteiger partial charge < -0.3 is 14.5 Å². The summed E-state index contributed by atoms with van der Waals surface area (Å²) in [5, 5.41) is 12.9. The third-order valence-corrected chi connectivity index (χ3v) is 4.66. The number of carbonyl (C=O) groups excluding carboxylic acids is 1. The van der Waals surface area contributed by atoms with Gasteiger partial charge in [0.2, 0.25) is 0 Å². The minimum Gasteiger partial charge on any atom is -0.445 e. The Morgan fingerprint density at radius 3 is 2.32 bits per heavy atom. The van der Waals surface area contributed by atoms with Crippen LogP contribution in [0.2, 0.25) is 0 Å². The maximum absolute atomic E-state index is 12.3. The molecule has 8 heteroatoms. The van der Waals surface area contributed by atoms with E-state index in [2.05, 4.69) is 20.2 Å². The molecule has 0 radical (unpaired) electrons. The van der Waals surface area contributed by atoms with Gasteiger partial charge in [-0.1, -0.05) is 30.3 Å². The van der Waals surface area contributed by atoms with E-state index >= 15 is 0 Å². The lowest BCUT2D eigenvalue weighted by atomic mass is 10.2. The molecule has 4 rings (SSSR count). The summed E-state index contributed by atoms with van der Waals surface area (Å²) >= 11 is 0. The monoisotopic (exact) mass is 378 g/mol. The summed E-state index contributed by atoms with van der Waals surface area (Å²) in [6.07, 6.45) is 1.58.